The molecular formula is C74H50N4. The van der Waals surface area contributed by atoms with Gasteiger partial charge in [0.1, 0.15) is 0 Å². The first-order chi connectivity index (χ1) is 38.4. The maximum absolute atomic E-state index is 5.49. The normalized spacial score (nSPS) is 12.8. The summed E-state index contributed by atoms with van der Waals surface area (Å²) in [5.41, 5.74) is 24.1. The summed E-state index contributed by atoms with van der Waals surface area (Å²) >= 11 is 0. The van der Waals surface area contributed by atoms with Gasteiger partial charge in [-0.15, -0.1) is 0 Å². The first kappa shape index (κ1) is 44.3. The third kappa shape index (κ3) is 6.69. The molecule has 0 atom stereocenters. The molecule has 0 saturated carbocycles. The van der Waals surface area contributed by atoms with Crippen molar-refractivity contribution in [2.24, 2.45) is 0 Å². The van der Waals surface area contributed by atoms with Crippen LogP contribution in [0, 0.1) is 0 Å². The standard InChI is InChI=1S/C74H50N4/c1-74(2)64-42-49(51-40-54(77-70-28-14-8-22-60(70)61-23-9-15-29-71(61)77)46-55(41-51)78-72-30-16-10-24-62(72)63-25-11-17-31-73(63)78)34-38-56(64)57-39-35-50(43-65(57)74)67-45-52(47-18-4-3-5-19-47)44-66(75-67)48-32-36-53(37-33-48)76-68-26-12-6-20-58(68)59-21-7-13-27-69(59)76/h3-46H,1-2H3. The van der Waals surface area contributed by atoms with E-state index in [-0.39, 0.29) is 5.41 Å². The van der Waals surface area contributed by atoms with Gasteiger partial charge >= 0.3 is 0 Å². The number of hydrogen-bond donors (Lipinski definition) is 0. The Balaban J connectivity index is 0.815. The van der Waals surface area contributed by atoms with E-state index in [1.807, 2.05) is 0 Å². The highest BCUT2D eigenvalue weighted by Crippen LogP contribution is 2.51. The minimum atomic E-state index is -0.292. The molecule has 0 unspecified atom stereocenters. The first-order valence-corrected chi connectivity index (χ1v) is 27.0. The van der Waals surface area contributed by atoms with Gasteiger partial charge in [-0.05, 0) is 136 Å². The summed E-state index contributed by atoms with van der Waals surface area (Å²) in [5.74, 6) is 0. The molecule has 15 aromatic rings. The van der Waals surface area contributed by atoms with E-state index >= 15 is 0 Å². The Morgan fingerprint density at radius 1 is 0.256 bits per heavy atom. The topological polar surface area (TPSA) is 27.7 Å². The van der Waals surface area contributed by atoms with Gasteiger partial charge in [0.05, 0.1) is 44.5 Å². The molecule has 1 aliphatic rings. The van der Waals surface area contributed by atoms with Gasteiger partial charge in [-0.25, -0.2) is 4.98 Å². The van der Waals surface area contributed by atoms with Gasteiger partial charge in [-0.2, -0.15) is 0 Å². The fraction of sp³-hybridized carbons (Fsp3) is 0.0405. The number of pyridine rings is 1. The van der Waals surface area contributed by atoms with Crippen LogP contribution in [-0.4, -0.2) is 18.7 Å². The van der Waals surface area contributed by atoms with Crippen molar-refractivity contribution in [3.63, 3.8) is 0 Å². The Bertz CT molecular complexity index is 4640. The zero-order valence-electron chi connectivity index (χ0n) is 43.2. The van der Waals surface area contributed by atoms with Crippen molar-refractivity contribution in [2.75, 3.05) is 0 Å². The average Bonchev–Trinajstić information content (AvgIpc) is 4.35. The summed E-state index contributed by atoms with van der Waals surface area (Å²) in [6.45, 7) is 4.78. The summed E-state index contributed by atoms with van der Waals surface area (Å²) in [5, 5.41) is 7.50. The molecule has 1 aliphatic carbocycles. The highest BCUT2D eigenvalue weighted by atomic mass is 15.0. The summed E-state index contributed by atoms with van der Waals surface area (Å²) in [6.07, 6.45) is 0. The molecule has 0 aliphatic heterocycles. The van der Waals surface area contributed by atoms with Crippen LogP contribution in [0.2, 0.25) is 0 Å². The number of hydrogen-bond acceptors (Lipinski definition) is 1. The first-order valence-electron chi connectivity index (χ1n) is 27.0. The lowest BCUT2D eigenvalue weighted by atomic mass is 9.81. The number of aromatic nitrogens is 4. The van der Waals surface area contributed by atoms with Crippen molar-refractivity contribution in [1.82, 2.24) is 18.7 Å². The van der Waals surface area contributed by atoms with E-state index in [1.165, 1.54) is 98.8 Å². The zero-order chi connectivity index (χ0) is 51.6. The summed E-state index contributed by atoms with van der Waals surface area (Å²) < 4.78 is 7.28. The van der Waals surface area contributed by atoms with Gasteiger partial charge in [0.15, 0.2) is 0 Å². The molecule has 0 fully saturated rings. The summed E-state index contributed by atoms with van der Waals surface area (Å²) in [4.78, 5) is 5.49. The molecule has 0 radical (unpaired) electrons. The lowest BCUT2D eigenvalue weighted by Gasteiger charge is -2.23. The van der Waals surface area contributed by atoms with E-state index in [1.54, 1.807) is 0 Å². The SMILES string of the molecule is CC1(C)c2cc(-c3cc(-n4c5ccccc5c5ccccc54)cc(-n4c5ccccc5c5ccccc54)c3)ccc2-c2ccc(-c3cc(-c4ccccc4)cc(-c4ccc(-n5c6ccccc6c6ccccc65)cc4)n3)cc21. The molecule has 16 rings (SSSR count). The molecule has 0 spiro atoms. The van der Waals surface area contributed by atoms with Crippen molar-refractivity contribution < 1.29 is 0 Å². The summed E-state index contributed by atoms with van der Waals surface area (Å²) in [6, 6.07) is 98.1. The Morgan fingerprint density at radius 2 is 0.603 bits per heavy atom. The van der Waals surface area contributed by atoms with Crippen molar-refractivity contribution in [3.05, 3.63) is 278 Å². The van der Waals surface area contributed by atoms with Crippen molar-refractivity contribution in [2.45, 2.75) is 19.3 Å². The predicted octanol–water partition coefficient (Wildman–Crippen LogP) is 19.3. The lowest BCUT2D eigenvalue weighted by Crippen LogP contribution is -2.15. The van der Waals surface area contributed by atoms with Gasteiger partial charge < -0.3 is 13.7 Å². The monoisotopic (exact) mass is 994 g/mol. The van der Waals surface area contributed by atoms with E-state index in [9.17, 15) is 0 Å². The molecule has 0 saturated heterocycles. The smallest absolute Gasteiger partial charge is 0.0715 e. The van der Waals surface area contributed by atoms with Gasteiger partial charge in [-0.3, -0.25) is 0 Å². The zero-order valence-corrected chi connectivity index (χ0v) is 43.2. The number of rotatable bonds is 7. The van der Waals surface area contributed by atoms with Gasteiger partial charge in [-0.1, -0.05) is 190 Å². The molecule has 0 N–H and O–H groups in total. The summed E-state index contributed by atoms with van der Waals surface area (Å²) in [7, 11) is 0. The number of fused-ring (bicyclic) bond motifs is 12. The van der Waals surface area contributed by atoms with Crippen LogP contribution in [0.15, 0.2) is 267 Å². The van der Waals surface area contributed by atoms with Crippen molar-refractivity contribution >= 4 is 65.4 Å². The largest absolute Gasteiger partial charge is 0.309 e. The molecule has 0 amide bonds. The molecular weight excluding hydrogens is 945 g/mol. The molecule has 4 nitrogen and oxygen atoms in total. The molecule has 4 heterocycles. The van der Waals surface area contributed by atoms with E-state index in [0.717, 1.165) is 50.7 Å². The van der Waals surface area contributed by atoms with Crippen LogP contribution in [0.3, 0.4) is 0 Å². The fourth-order valence-corrected chi connectivity index (χ4v) is 13.1. The van der Waals surface area contributed by atoms with Crippen LogP contribution in [0.1, 0.15) is 25.0 Å². The van der Waals surface area contributed by atoms with E-state index < -0.39 is 0 Å². The highest BCUT2D eigenvalue weighted by molar-refractivity contribution is 6.11. The van der Waals surface area contributed by atoms with E-state index in [4.69, 9.17) is 4.98 Å². The van der Waals surface area contributed by atoms with Crippen LogP contribution in [0.25, 0.3) is 138 Å². The molecule has 78 heavy (non-hydrogen) atoms. The number of nitrogens with zero attached hydrogens (tertiary/aromatic N) is 4. The second kappa shape index (κ2) is 17.0. The van der Waals surface area contributed by atoms with Crippen LogP contribution in [0.4, 0.5) is 0 Å². The van der Waals surface area contributed by atoms with Gasteiger partial charge in [0.2, 0.25) is 0 Å². The molecule has 366 valence electrons. The maximum atomic E-state index is 5.49. The van der Waals surface area contributed by atoms with E-state index in [0.29, 0.717) is 0 Å². The van der Waals surface area contributed by atoms with Gasteiger partial charge in [0.25, 0.3) is 0 Å². The molecule has 0 bridgehead atoms. The Morgan fingerprint density at radius 3 is 1.05 bits per heavy atom. The number of benzene rings is 11. The molecule has 11 aromatic carbocycles. The maximum Gasteiger partial charge on any atom is 0.0715 e. The second-order valence-electron chi connectivity index (χ2n) is 21.5. The highest BCUT2D eigenvalue weighted by Gasteiger charge is 2.36. The Hall–Kier alpha value is -10.0. The van der Waals surface area contributed by atoms with Gasteiger partial charge in [0, 0.05) is 65.9 Å². The Kier molecular flexibility index (Phi) is 9.65. The number of para-hydroxylation sites is 6. The predicted molar refractivity (Wildman–Crippen MR) is 327 cm³/mol. The quantitative estimate of drug-likeness (QED) is 0.156. The third-order valence-electron chi connectivity index (χ3n) is 16.8. The van der Waals surface area contributed by atoms with Crippen molar-refractivity contribution in [1.29, 1.82) is 0 Å². The lowest BCUT2D eigenvalue weighted by molar-refractivity contribution is 0.661. The minimum Gasteiger partial charge on any atom is -0.309 e. The second-order valence-corrected chi connectivity index (χ2v) is 21.5. The van der Waals surface area contributed by atoms with Crippen LogP contribution < -0.4 is 0 Å². The van der Waals surface area contributed by atoms with Crippen molar-refractivity contribution in [3.8, 4) is 73.0 Å². The minimum absolute atomic E-state index is 0.292. The van der Waals surface area contributed by atoms with Crippen LogP contribution in [-0.2, 0) is 5.41 Å². The molecule has 4 heteroatoms. The Labute approximate surface area is 452 Å². The van der Waals surface area contributed by atoms with E-state index in [2.05, 4.69) is 294 Å². The van der Waals surface area contributed by atoms with Crippen LogP contribution in [0.5, 0.6) is 0 Å². The third-order valence-corrected chi connectivity index (χ3v) is 16.8. The molecule has 4 aromatic heterocycles. The average molecular weight is 995 g/mol. The fourth-order valence-electron chi connectivity index (χ4n) is 13.1. The van der Waals surface area contributed by atoms with Crippen LogP contribution >= 0.6 is 0 Å².